The topological polar surface area (TPSA) is 262 Å². The van der Waals surface area contributed by atoms with Crippen molar-refractivity contribution in [1.82, 2.24) is 14.8 Å². The van der Waals surface area contributed by atoms with Gasteiger partial charge in [0.05, 0.1) is 22.9 Å². The highest BCUT2D eigenvalue weighted by molar-refractivity contribution is 6.25. The molecule has 18 heteroatoms. The number of anilines is 2. The number of hydrogen-bond donors (Lipinski definition) is 6. The number of nitrogens with zero attached hydrogens (tertiary/aromatic N) is 4. The summed E-state index contributed by atoms with van der Waals surface area (Å²) in [6.45, 7) is 3.53. The van der Waals surface area contributed by atoms with E-state index in [9.17, 15) is 49.2 Å². The van der Waals surface area contributed by atoms with Gasteiger partial charge in [0.2, 0.25) is 18.5 Å². The molecule has 0 saturated heterocycles. The van der Waals surface area contributed by atoms with Crippen LogP contribution in [0.3, 0.4) is 0 Å². The number of rotatable bonds is 9. The van der Waals surface area contributed by atoms with E-state index in [0.29, 0.717) is 11.3 Å². The lowest BCUT2D eigenvalue weighted by Crippen LogP contribution is -2.63. The number of hydrogen-bond acceptors (Lipinski definition) is 15. The number of carbonyl (C=O) groups is 6. The number of fused-ring (bicyclic) bond motifs is 3. The van der Waals surface area contributed by atoms with Crippen LogP contribution in [0.25, 0.3) is 0 Å². The standard InChI is InChI=1S/C37H44N6O12/c1-36(2,3)43(35(52)55-16-54-34(51)17-8-10-39-11-9-17)15-23(44)40-21-14-22(41(4)5)19-12-18-13-20-27(42(6)7)30(47)26(33(38)50)32(49)37(20,53)31(48)24(18)29(46)25(19)28(21)45/h8-11,14,18,20,27,45,47-48,53H,12-13,15-16H2,1-7H3,(H2,38,50)(H,40,44)/t18-,20-,27-,37-/m0/s1. The summed E-state index contributed by atoms with van der Waals surface area (Å²) in [4.78, 5) is 87.1. The highest BCUT2D eigenvalue weighted by Crippen LogP contribution is 2.54. The molecule has 5 rings (SSSR count). The Hall–Kier alpha value is -6.01. The van der Waals surface area contributed by atoms with Crippen LogP contribution in [0.2, 0.25) is 0 Å². The van der Waals surface area contributed by atoms with E-state index < -0.39 is 101 Å². The van der Waals surface area contributed by atoms with Crippen LogP contribution in [0.15, 0.2) is 53.3 Å². The number of ketones is 2. The zero-order valence-electron chi connectivity index (χ0n) is 31.4. The molecule has 0 saturated carbocycles. The molecule has 0 bridgehead atoms. The van der Waals surface area contributed by atoms with E-state index in [4.69, 9.17) is 15.2 Å². The lowest BCUT2D eigenvalue weighted by atomic mass is 9.58. The van der Waals surface area contributed by atoms with Gasteiger partial charge in [0.15, 0.2) is 17.1 Å². The largest absolute Gasteiger partial charge is 0.510 e. The fourth-order valence-corrected chi connectivity index (χ4v) is 7.48. The minimum absolute atomic E-state index is 0.0270. The molecular weight excluding hydrogens is 720 g/mol. The molecule has 0 aliphatic heterocycles. The zero-order valence-corrected chi connectivity index (χ0v) is 31.4. The quantitative estimate of drug-likeness (QED) is 0.0916. The molecule has 1 aromatic carbocycles. The minimum Gasteiger partial charge on any atom is -0.510 e. The second kappa shape index (κ2) is 14.7. The molecule has 0 radical (unpaired) electrons. The first-order valence-corrected chi connectivity index (χ1v) is 17.1. The van der Waals surface area contributed by atoms with E-state index in [1.54, 1.807) is 39.8 Å². The average Bonchev–Trinajstić information content (AvgIpc) is 3.09. The molecule has 1 heterocycles. The smallest absolute Gasteiger partial charge is 0.413 e. The van der Waals surface area contributed by atoms with Gasteiger partial charge >= 0.3 is 12.1 Å². The van der Waals surface area contributed by atoms with Gasteiger partial charge in [-0.2, -0.15) is 0 Å². The molecular formula is C37H44N6O12. The highest BCUT2D eigenvalue weighted by Gasteiger charge is 2.63. The summed E-state index contributed by atoms with van der Waals surface area (Å²) in [6, 6.07) is 3.12. The number of ether oxygens (including phenoxy) is 2. The molecule has 3 aliphatic rings. The number of nitrogens with one attached hydrogen (secondary N) is 1. The van der Waals surface area contributed by atoms with Crippen LogP contribution >= 0.6 is 0 Å². The number of amides is 3. The number of esters is 1. The lowest BCUT2D eigenvalue weighted by Gasteiger charge is -2.50. The molecule has 7 N–H and O–H groups in total. The molecule has 3 amide bonds. The Morgan fingerprint density at radius 2 is 1.67 bits per heavy atom. The second-order valence-electron chi connectivity index (χ2n) is 15.0. The predicted octanol–water partition coefficient (Wildman–Crippen LogP) is 1.57. The van der Waals surface area contributed by atoms with Crippen LogP contribution in [0.4, 0.5) is 16.2 Å². The summed E-state index contributed by atoms with van der Waals surface area (Å²) in [5.41, 5.74) is 0.696. The Bertz CT molecular complexity index is 2040. The molecule has 294 valence electrons. The molecule has 0 fully saturated rings. The number of likely N-dealkylation sites (N-methyl/N-ethyl adjacent to an activating group) is 1. The molecule has 3 aliphatic carbocycles. The van der Waals surface area contributed by atoms with Gasteiger partial charge in [0.25, 0.3) is 5.91 Å². The van der Waals surface area contributed by atoms with E-state index in [-0.39, 0.29) is 35.2 Å². The minimum atomic E-state index is -2.82. The first-order valence-electron chi connectivity index (χ1n) is 17.1. The van der Waals surface area contributed by atoms with Crippen molar-refractivity contribution in [1.29, 1.82) is 0 Å². The number of allylic oxidation sites excluding steroid dienone is 1. The van der Waals surface area contributed by atoms with Crippen molar-refractivity contribution in [3.8, 4) is 5.75 Å². The molecule has 4 atom stereocenters. The molecule has 18 nitrogen and oxygen atoms in total. The van der Waals surface area contributed by atoms with Crippen molar-refractivity contribution >= 4 is 46.8 Å². The summed E-state index contributed by atoms with van der Waals surface area (Å²) < 4.78 is 10.1. The summed E-state index contributed by atoms with van der Waals surface area (Å²) in [6.07, 6.45) is 1.71. The molecule has 1 aromatic heterocycles. The van der Waals surface area contributed by atoms with Crippen LogP contribution in [0, 0.1) is 11.8 Å². The summed E-state index contributed by atoms with van der Waals surface area (Å²) in [5.74, 6) is -9.61. The van der Waals surface area contributed by atoms with Crippen LogP contribution in [0.1, 0.15) is 53.5 Å². The maximum Gasteiger partial charge on any atom is 0.413 e. The van der Waals surface area contributed by atoms with Crippen molar-refractivity contribution in [2.75, 3.05) is 51.7 Å². The maximum absolute atomic E-state index is 14.3. The van der Waals surface area contributed by atoms with Gasteiger partial charge in [-0.25, -0.2) is 9.59 Å². The zero-order chi connectivity index (χ0) is 40.9. The van der Waals surface area contributed by atoms with Crippen LogP contribution in [-0.2, 0) is 30.3 Å². The third-order valence-electron chi connectivity index (χ3n) is 10.1. The van der Waals surface area contributed by atoms with E-state index in [1.165, 1.54) is 49.6 Å². The predicted molar refractivity (Wildman–Crippen MR) is 194 cm³/mol. The van der Waals surface area contributed by atoms with Gasteiger partial charge < -0.3 is 45.9 Å². The third kappa shape index (κ3) is 7.05. The summed E-state index contributed by atoms with van der Waals surface area (Å²) in [5, 5.41) is 48.6. The number of aliphatic hydroxyl groups is 3. The van der Waals surface area contributed by atoms with Crippen molar-refractivity contribution in [3.05, 3.63) is 69.9 Å². The van der Waals surface area contributed by atoms with Crippen molar-refractivity contribution in [3.63, 3.8) is 0 Å². The molecule has 55 heavy (non-hydrogen) atoms. The van der Waals surface area contributed by atoms with E-state index in [0.717, 1.165) is 4.90 Å². The number of benzene rings is 1. The number of aliphatic hydroxyl groups excluding tert-OH is 2. The number of pyridine rings is 1. The number of phenols is 1. The highest BCUT2D eigenvalue weighted by atomic mass is 16.7. The number of carbonyl (C=O) groups excluding carboxylic acids is 6. The van der Waals surface area contributed by atoms with Crippen molar-refractivity contribution in [2.45, 2.75) is 50.8 Å². The Labute approximate surface area is 315 Å². The van der Waals surface area contributed by atoms with Gasteiger partial charge in [0.1, 0.15) is 23.6 Å². The maximum atomic E-state index is 14.3. The Morgan fingerprint density at radius 3 is 2.24 bits per heavy atom. The van der Waals surface area contributed by atoms with E-state index in [1.807, 2.05) is 0 Å². The first kappa shape index (κ1) is 40.2. The SMILES string of the molecule is CN(C)c1cc(NC(=O)CN(C(=O)OCOC(=O)c2ccncc2)C(C)(C)C)c(O)c2c1C[C@H]1C[C@H]3[C@H](N(C)C)C(O)=C(C(N)=O)C(=O)[C@@]3(O)C(O)=C1C2=O. The number of nitrogens with two attached hydrogens (primary N) is 1. The number of aromatic hydroxyl groups is 1. The van der Waals surface area contributed by atoms with E-state index >= 15 is 0 Å². The second-order valence-corrected chi connectivity index (χ2v) is 15.0. The van der Waals surface area contributed by atoms with Crippen molar-refractivity contribution < 1.29 is 58.7 Å². The fraction of sp³-hybridized carbons (Fsp3) is 0.432. The Morgan fingerprint density at radius 1 is 1.04 bits per heavy atom. The number of Topliss-reactive ketones (excluding diaryl/α,β-unsaturated/α-hetero) is 2. The van der Waals surface area contributed by atoms with Gasteiger partial charge in [-0.15, -0.1) is 0 Å². The average molecular weight is 765 g/mol. The lowest BCUT2D eigenvalue weighted by molar-refractivity contribution is -0.148. The van der Waals surface area contributed by atoms with Crippen molar-refractivity contribution in [2.24, 2.45) is 17.6 Å². The van der Waals surface area contributed by atoms with Crippen LogP contribution < -0.4 is 16.0 Å². The van der Waals surface area contributed by atoms with E-state index in [2.05, 4.69) is 10.3 Å². The first-order chi connectivity index (χ1) is 25.6. The Kier molecular flexibility index (Phi) is 10.7. The number of aromatic nitrogens is 1. The molecule has 0 spiro atoms. The van der Waals surface area contributed by atoms with Crippen LogP contribution in [0.5, 0.6) is 5.75 Å². The van der Waals surface area contributed by atoms with Gasteiger partial charge in [-0.05, 0) is 77.4 Å². The van der Waals surface area contributed by atoms with Gasteiger partial charge in [0, 0.05) is 49.2 Å². The number of primary amides is 1. The summed E-state index contributed by atoms with van der Waals surface area (Å²) in [7, 11) is 6.41. The molecule has 2 aromatic rings. The molecule has 0 unspecified atom stereocenters. The fourth-order valence-electron chi connectivity index (χ4n) is 7.48. The third-order valence-corrected chi connectivity index (χ3v) is 10.1. The summed E-state index contributed by atoms with van der Waals surface area (Å²) >= 11 is 0. The van der Waals surface area contributed by atoms with Gasteiger partial charge in [-0.3, -0.25) is 34.0 Å². The van der Waals surface area contributed by atoms with Crippen LogP contribution in [-0.4, -0.2) is 129 Å². The normalized spacial score (nSPS) is 22.0. The Balaban J connectivity index is 1.45. The van der Waals surface area contributed by atoms with Gasteiger partial charge in [-0.1, -0.05) is 0 Å². The number of phenolic OH excluding ortho intramolecular Hbond substituents is 1. The monoisotopic (exact) mass is 764 g/mol.